The molecule has 88 valence electrons. The molecule has 0 aromatic heterocycles. The molecule has 3 heteroatoms. The number of piperidine rings is 1. The second kappa shape index (κ2) is 4.40. The molecule has 1 aliphatic heterocycles. The van der Waals surface area contributed by atoms with Gasteiger partial charge in [-0.1, -0.05) is 6.92 Å². The Morgan fingerprint density at radius 2 is 2.20 bits per heavy atom. The minimum atomic E-state index is -0.0779. The molecule has 0 aromatic rings. The molecule has 15 heavy (non-hydrogen) atoms. The van der Waals surface area contributed by atoms with Crippen LogP contribution in [0.1, 0.15) is 32.6 Å². The highest BCUT2D eigenvalue weighted by atomic mass is 16.3. The number of nitrogens with zero attached hydrogens (tertiary/aromatic N) is 1. The van der Waals surface area contributed by atoms with Crippen LogP contribution in [0.4, 0.5) is 0 Å². The van der Waals surface area contributed by atoms with Gasteiger partial charge in [0.1, 0.15) is 0 Å². The van der Waals surface area contributed by atoms with E-state index in [0.717, 1.165) is 26.1 Å². The lowest BCUT2D eigenvalue weighted by Gasteiger charge is -2.36. The van der Waals surface area contributed by atoms with Crippen LogP contribution in [0.15, 0.2) is 0 Å². The molecular weight excluding hydrogens is 188 g/mol. The van der Waals surface area contributed by atoms with Gasteiger partial charge in [-0.2, -0.15) is 0 Å². The summed E-state index contributed by atoms with van der Waals surface area (Å²) in [6.45, 7) is 6.32. The molecule has 2 unspecified atom stereocenters. The van der Waals surface area contributed by atoms with Crippen molar-refractivity contribution < 1.29 is 5.11 Å². The molecule has 2 aliphatic rings. The van der Waals surface area contributed by atoms with Crippen LogP contribution in [0.5, 0.6) is 0 Å². The van der Waals surface area contributed by atoms with E-state index in [2.05, 4.69) is 11.8 Å². The largest absolute Gasteiger partial charge is 0.393 e. The van der Waals surface area contributed by atoms with Crippen LogP contribution >= 0.6 is 0 Å². The van der Waals surface area contributed by atoms with Crippen molar-refractivity contribution >= 4 is 0 Å². The van der Waals surface area contributed by atoms with E-state index in [1.807, 2.05) is 0 Å². The lowest BCUT2D eigenvalue weighted by molar-refractivity contribution is 0.0267. The van der Waals surface area contributed by atoms with Crippen molar-refractivity contribution in [2.75, 3.05) is 26.2 Å². The number of nitrogens with two attached hydrogens (primary N) is 1. The molecule has 1 saturated heterocycles. The highest BCUT2D eigenvalue weighted by Crippen LogP contribution is 2.49. The second-order valence-electron chi connectivity index (χ2n) is 5.61. The van der Waals surface area contributed by atoms with Crippen LogP contribution < -0.4 is 5.73 Å². The normalized spacial score (nSPS) is 35.4. The molecular formula is C12H24N2O. The topological polar surface area (TPSA) is 49.5 Å². The van der Waals surface area contributed by atoms with Crippen molar-refractivity contribution in [1.29, 1.82) is 0 Å². The number of aliphatic hydroxyl groups excluding tert-OH is 1. The summed E-state index contributed by atoms with van der Waals surface area (Å²) in [5.41, 5.74) is 6.20. The number of rotatable bonds is 4. The van der Waals surface area contributed by atoms with Gasteiger partial charge < -0.3 is 15.7 Å². The highest BCUT2D eigenvalue weighted by Gasteiger charge is 2.43. The Morgan fingerprint density at radius 3 is 2.73 bits per heavy atom. The van der Waals surface area contributed by atoms with E-state index in [0.29, 0.717) is 11.3 Å². The van der Waals surface area contributed by atoms with Gasteiger partial charge in [0.2, 0.25) is 0 Å². The van der Waals surface area contributed by atoms with Gasteiger partial charge in [0, 0.05) is 19.6 Å². The fraction of sp³-hybridized carbons (Fsp3) is 1.00. The number of hydrogen-bond donors (Lipinski definition) is 2. The third-order valence-corrected chi connectivity index (χ3v) is 4.13. The summed E-state index contributed by atoms with van der Waals surface area (Å²) < 4.78 is 0. The molecule has 3 N–H and O–H groups in total. The van der Waals surface area contributed by atoms with Crippen molar-refractivity contribution in [1.82, 2.24) is 4.90 Å². The van der Waals surface area contributed by atoms with E-state index < -0.39 is 0 Å². The Labute approximate surface area is 92.6 Å². The Morgan fingerprint density at radius 1 is 1.47 bits per heavy atom. The minimum Gasteiger partial charge on any atom is -0.393 e. The molecule has 0 spiro atoms. The van der Waals surface area contributed by atoms with Crippen LogP contribution in [0, 0.1) is 11.3 Å². The average Bonchev–Trinajstić information content (AvgIpc) is 2.92. The molecule has 3 nitrogen and oxygen atoms in total. The quantitative estimate of drug-likeness (QED) is 0.725. The third-order valence-electron chi connectivity index (χ3n) is 4.13. The summed E-state index contributed by atoms with van der Waals surface area (Å²) in [6.07, 6.45) is 4.76. The van der Waals surface area contributed by atoms with Gasteiger partial charge >= 0.3 is 0 Å². The maximum Gasteiger partial charge on any atom is 0.0590 e. The van der Waals surface area contributed by atoms with Crippen molar-refractivity contribution in [2.24, 2.45) is 17.1 Å². The first-order valence-electron chi connectivity index (χ1n) is 6.26. The summed E-state index contributed by atoms with van der Waals surface area (Å²) in [4.78, 5) is 2.53. The van der Waals surface area contributed by atoms with Crippen LogP contribution in [-0.4, -0.2) is 42.3 Å². The Bertz CT molecular complexity index is 216. The predicted octanol–water partition coefficient (Wildman–Crippen LogP) is 0.818. The number of hydrogen-bond acceptors (Lipinski definition) is 3. The van der Waals surface area contributed by atoms with E-state index in [1.54, 1.807) is 0 Å². The molecule has 2 fully saturated rings. The molecule has 0 radical (unpaired) electrons. The van der Waals surface area contributed by atoms with Crippen molar-refractivity contribution in [2.45, 2.75) is 38.7 Å². The zero-order chi connectivity index (χ0) is 10.9. The van der Waals surface area contributed by atoms with Crippen molar-refractivity contribution in [3.63, 3.8) is 0 Å². The standard InChI is InChI=1S/C12H24N2O/c1-10-8-14(7-2-11(10)15)9-12(3-4-12)5-6-13/h10-11,15H,2-9,13H2,1H3. The first-order chi connectivity index (χ1) is 7.15. The van der Waals surface area contributed by atoms with E-state index in [-0.39, 0.29) is 6.10 Å². The van der Waals surface area contributed by atoms with Crippen LogP contribution in [0.2, 0.25) is 0 Å². The summed E-state index contributed by atoms with van der Waals surface area (Å²) >= 11 is 0. The first-order valence-corrected chi connectivity index (χ1v) is 6.26. The zero-order valence-corrected chi connectivity index (χ0v) is 9.78. The van der Waals surface area contributed by atoms with E-state index in [1.165, 1.54) is 25.8 Å². The third kappa shape index (κ3) is 2.71. The van der Waals surface area contributed by atoms with Gasteiger partial charge in [0.05, 0.1) is 6.10 Å². The first kappa shape index (κ1) is 11.4. The van der Waals surface area contributed by atoms with Gasteiger partial charge in [-0.15, -0.1) is 0 Å². The Balaban J connectivity index is 1.80. The highest BCUT2D eigenvalue weighted by molar-refractivity contribution is 4.96. The van der Waals surface area contributed by atoms with Crippen molar-refractivity contribution in [3.05, 3.63) is 0 Å². The van der Waals surface area contributed by atoms with E-state index >= 15 is 0 Å². The maximum absolute atomic E-state index is 9.67. The second-order valence-corrected chi connectivity index (χ2v) is 5.61. The molecule has 1 saturated carbocycles. The van der Waals surface area contributed by atoms with Gasteiger partial charge in [0.25, 0.3) is 0 Å². The Kier molecular flexibility index (Phi) is 3.33. The summed E-state index contributed by atoms with van der Waals surface area (Å²) in [5, 5.41) is 9.67. The maximum atomic E-state index is 9.67. The number of aliphatic hydroxyl groups is 1. The summed E-state index contributed by atoms with van der Waals surface area (Å²) in [7, 11) is 0. The smallest absolute Gasteiger partial charge is 0.0590 e. The van der Waals surface area contributed by atoms with Gasteiger partial charge in [-0.05, 0) is 43.6 Å². The molecule has 0 amide bonds. The molecule has 0 bridgehead atoms. The van der Waals surface area contributed by atoms with Crippen molar-refractivity contribution in [3.8, 4) is 0 Å². The summed E-state index contributed by atoms with van der Waals surface area (Å²) in [6, 6.07) is 0. The van der Waals surface area contributed by atoms with Crippen LogP contribution in [0.25, 0.3) is 0 Å². The van der Waals surface area contributed by atoms with Gasteiger partial charge in [-0.3, -0.25) is 0 Å². The summed E-state index contributed by atoms with van der Waals surface area (Å²) in [5.74, 6) is 0.437. The molecule has 0 aromatic carbocycles. The number of likely N-dealkylation sites (tertiary alicyclic amines) is 1. The fourth-order valence-electron chi connectivity index (χ4n) is 2.81. The predicted molar refractivity (Wildman–Crippen MR) is 61.6 cm³/mol. The zero-order valence-electron chi connectivity index (χ0n) is 9.78. The molecule has 2 rings (SSSR count). The lowest BCUT2D eigenvalue weighted by Crippen LogP contribution is -2.44. The van der Waals surface area contributed by atoms with E-state index in [4.69, 9.17) is 5.73 Å². The average molecular weight is 212 g/mol. The van der Waals surface area contributed by atoms with E-state index in [9.17, 15) is 5.11 Å². The van der Waals surface area contributed by atoms with Gasteiger partial charge in [-0.25, -0.2) is 0 Å². The lowest BCUT2D eigenvalue weighted by atomic mass is 9.94. The monoisotopic (exact) mass is 212 g/mol. The van der Waals surface area contributed by atoms with Crippen LogP contribution in [-0.2, 0) is 0 Å². The fourth-order valence-corrected chi connectivity index (χ4v) is 2.81. The van der Waals surface area contributed by atoms with Gasteiger partial charge in [0.15, 0.2) is 0 Å². The minimum absolute atomic E-state index is 0.0779. The molecule has 2 atom stereocenters. The molecule has 1 aliphatic carbocycles. The van der Waals surface area contributed by atoms with Crippen LogP contribution in [0.3, 0.4) is 0 Å². The SMILES string of the molecule is CC1CN(CC2(CCN)CC2)CCC1O. The molecule has 1 heterocycles. The Hall–Kier alpha value is -0.120.